The van der Waals surface area contributed by atoms with Gasteiger partial charge in [0.1, 0.15) is 6.61 Å². The molecule has 0 saturated heterocycles. The number of nitrogens with zero attached hydrogens (tertiary/aromatic N) is 1. The summed E-state index contributed by atoms with van der Waals surface area (Å²) >= 11 is 0. The van der Waals surface area contributed by atoms with E-state index in [4.69, 9.17) is 15.7 Å². The first kappa shape index (κ1) is 22.6. The second-order valence-electron chi connectivity index (χ2n) is 7.41. The van der Waals surface area contributed by atoms with Crippen LogP contribution in [0.1, 0.15) is 47.5 Å². The number of aliphatic carboxylic acids is 1. The summed E-state index contributed by atoms with van der Waals surface area (Å²) < 4.78 is 0. The monoisotopic (exact) mass is 372 g/mol. The largest absolute Gasteiger partial charge is 0.478 e. The van der Waals surface area contributed by atoms with Crippen molar-refractivity contribution in [2.24, 2.45) is 16.3 Å². The van der Waals surface area contributed by atoms with Crippen molar-refractivity contribution in [2.45, 2.75) is 47.5 Å². The highest BCUT2D eigenvalue weighted by molar-refractivity contribution is 6.01. The fourth-order valence-electron chi connectivity index (χ4n) is 2.92. The maximum absolute atomic E-state index is 10.6. The molecular formula is C22H32N2O3. The highest BCUT2D eigenvalue weighted by Crippen LogP contribution is 2.40. The summed E-state index contributed by atoms with van der Waals surface area (Å²) in [6.45, 7) is 11.2. The Balaban J connectivity index is 2.98. The first-order valence-electron chi connectivity index (χ1n) is 9.22. The van der Waals surface area contributed by atoms with Gasteiger partial charge in [-0.15, -0.1) is 0 Å². The fraction of sp³-hybridized carbons (Fsp3) is 0.455. The number of nitrogens with two attached hydrogens (primary N) is 1. The van der Waals surface area contributed by atoms with E-state index < -0.39 is 5.97 Å². The molecule has 0 radical (unpaired) electrons. The maximum atomic E-state index is 10.6. The molecule has 1 aliphatic carbocycles. The molecule has 3 N–H and O–H groups in total. The standard InChI is InChI=1S/C22H32N2O3/c1-16(7-6-8-17(2)15-21(25)26)9-10-19-18(3)20(24-27-14-13-23)11-12-22(19,4)5/h6-10,15H,11-14,23H2,1-5H3,(H,25,26). The van der Waals surface area contributed by atoms with Gasteiger partial charge in [-0.1, -0.05) is 55.0 Å². The van der Waals surface area contributed by atoms with Crippen LogP contribution >= 0.6 is 0 Å². The van der Waals surface area contributed by atoms with E-state index in [1.54, 1.807) is 13.0 Å². The van der Waals surface area contributed by atoms with E-state index in [-0.39, 0.29) is 5.41 Å². The van der Waals surface area contributed by atoms with Crippen LogP contribution in [0.5, 0.6) is 0 Å². The lowest BCUT2D eigenvalue weighted by molar-refractivity contribution is -0.131. The first-order valence-corrected chi connectivity index (χ1v) is 9.22. The molecule has 0 aliphatic heterocycles. The summed E-state index contributed by atoms with van der Waals surface area (Å²) in [5.74, 6) is -0.937. The van der Waals surface area contributed by atoms with Gasteiger partial charge in [0.25, 0.3) is 0 Å². The van der Waals surface area contributed by atoms with Gasteiger partial charge in [-0.3, -0.25) is 0 Å². The van der Waals surface area contributed by atoms with Crippen molar-refractivity contribution in [1.82, 2.24) is 0 Å². The van der Waals surface area contributed by atoms with Crippen LogP contribution in [0.15, 0.2) is 63.9 Å². The average molecular weight is 373 g/mol. The van der Waals surface area contributed by atoms with E-state index in [1.807, 2.05) is 19.1 Å². The molecule has 0 unspecified atom stereocenters. The third-order valence-electron chi connectivity index (χ3n) is 4.52. The molecule has 1 aliphatic rings. The molecule has 0 heterocycles. The maximum Gasteiger partial charge on any atom is 0.328 e. The molecule has 0 bridgehead atoms. The zero-order chi connectivity index (χ0) is 20.4. The number of oxime groups is 1. The van der Waals surface area contributed by atoms with E-state index in [0.29, 0.717) is 18.7 Å². The van der Waals surface area contributed by atoms with E-state index in [9.17, 15) is 4.79 Å². The minimum Gasteiger partial charge on any atom is -0.478 e. The van der Waals surface area contributed by atoms with Crippen molar-refractivity contribution >= 4 is 11.7 Å². The SMILES string of the molecule is CC(C=CC1=C(C)C(=NOCCN)CCC1(C)C)=CC=CC(C)=CC(=O)O. The molecule has 1 rings (SSSR count). The quantitative estimate of drug-likeness (QED) is 0.283. The minimum atomic E-state index is -0.937. The highest BCUT2D eigenvalue weighted by Gasteiger charge is 2.30. The third kappa shape index (κ3) is 7.79. The predicted octanol–water partition coefficient (Wildman–Crippen LogP) is 4.54. The van der Waals surface area contributed by atoms with E-state index >= 15 is 0 Å². The summed E-state index contributed by atoms with van der Waals surface area (Å²) in [7, 11) is 0. The van der Waals surface area contributed by atoms with Gasteiger partial charge in [0.05, 0.1) is 5.71 Å². The third-order valence-corrected chi connectivity index (χ3v) is 4.52. The molecule has 148 valence electrons. The van der Waals surface area contributed by atoms with Crippen molar-refractivity contribution in [2.75, 3.05) is 13.2 Å². The number of allylic oxidation sites excluding steroid dienone is 9. The van der Waals surface area contributed by atoms with E-state index in [0.717, 1.165) is 29.7 Å². The van der Waals surface area contributed by atoms with Gasteiger partial charge in [-0.25, -0.2) is 4.79 Å². The molecule has 0 aromatic carbocycles. The summed E-state index contributed by atoms with van der Waals surface area (Å²) in [5.41, 5.74) is 10.7. The van der Waals surface area contributed by atoms with Crippen LogP contribution in [-0.2, 0) is 9.63 Å². The van der Waals surface area contributed by atoms with Crippen molar-refractivity contribution in [3.05, 3.63) is 58.7 Å². The number of carboxylic acid groups (broad SMARTS) is 1. The van der Waals surface area contributed by atoms with Gasteiger partial charge in [-0.2, -0.15) is 0 Å². The van der Waals surface area contributed by atoms with Gasteiger partial charge in [0.15, 0.2) is 0 Å². The Morgan fingerprint density at radius 1 is 1.30 bits per heavy atom. The van der Waals surface area contributed by atoms with Crippen LogP contribution in [0.4, 0.5) is 0 Å². The lowest BCUT2D eigenvalue weighted by atomic mass is 9.72. The lowest BCUT2D eigenvalue weighted by Gasteiger charge is -2.33. The first-order chi connectivity index (χ1) is 12.7. The molecule has 5 heteroatoms. The van der Waals surface area contributed by atoms with Crippen LogP contribution < -0.4 is 5.73 Å². The second-order valence-corrected chi connectivity index (χ2v) is 7.41. The number of rotatable bonds is 8. The molecule has 0 atom stereocenters. The number of carboxylic acids is 1. The molecule has 0 aromatic heterocycles. The Kier molecular flexibility index (Phi) is 8.95. The van der Waals surface area contributed by atoms with Crippen molar-refractivity contribution in [1.29, 1.82) is 0 Å². The Hall–Kier alpha value is -2.40. The number of hydrogen-bond donors (Lipinski definition) is 2. The Morgan fingerprint density at radius 3 is 2.63 bits per heavy atom. The molecule has 0 saturated carbocycles. The molecular weight excluding hydrogens is 340 g/mol. The summed E-state index contributed by atoms with van der Waals surface area (Å²) in [6, 6.07) is 0. The van der Waals surface area contributed by atoms with Crippen molar-refractivity contribution in [3.8, 4) is 0 Å². The van der Waals surface area contributed by atoms with Crippen LogP contribution in [0.3, 0.4) is 0 Å². The second kappa shape index (κ2) is 10.7. The minimum absolute atomic E-state index is 0.0738. The van der Waals surface area contributed by atoms with E-state index in [2.05, 4.69) is 38.1 Å². The number of carbonyl (C=O) groups is 1. The summed E-state index contributed by atoms with van der Waals surface area (Å²) in [6.07, 6.45) is 12.9. The average Bonchev–Trinajstić information content (AvgIpc) is 2.56. The zero-order valence-electron chi connectivity index (χ0n) is 17.1. The summed E-state index contributed by atoms with van der Waals surface area (Å²) in [4.78, 5) is 15.9. The smallest absolute Gasteiger partial charge is 0.328 e. The van der Waals surface area contributed by atoms with Gasteiger partial charge < -0.3 is 15.7 Å². The van der Waals surface area contributed by atoms with Gasteiger partial charge >= 0.3 is 5.97 Å². The topological polar surface area (TPSA) is 84.9 Å². The predicted molar refractivity (Wildman–Crippen MR) is 112 cm³/mol. The van der Waals surface area contributed by atoms with Gasteiger partial charge in [-0.05, 0) is 55.7 Å². The van der Waals surface area contributed by atoms with Crippen LogP contribution in [-0.4, -0.2) is 29.9 Å². The van der Waals surface area contributed by atoms with Crippen LogP contribution in [0, 0.1) is 5.41 Å². The Bertz CT molecular complexity index is 720. The molecule has 27 heavy (non-hydrogen) atoms. The van der Waals surface area contributed by atoms with Crippen molar-refractivity contribution < 1.29 is 14.7 Å². The normalized spacial score (nSPS) is 20.1. The van der Waals surface area contributed by atoms with Gasteiger partial charge in [0.2, 0.25) is 0 Å². The van der Waals surface area contributed by atoms with Crippen LogP contribution in [0.25, 0.3) is 0 Å². The van der Waals surface area contributed by atoms with Crippen molar-refractivity contribution in [3.63, 3.8) is 0 Å². The zero-order valence-corrected chi connectivity index (χ0v) is 17.1. The molecule has 0 amide bonds. The lowest BCUT2D eigenvalue weighted by Crippen LogP contribution is -2.24. The Labute approximate surface area is 162 Å². The highest BCUT2D eigenvalue weighted by atomic mass is 16.6. The summed E-state index contributed by atoms with van der Waals surface area (Å²) in [5, 5.41) is 13.0. The van der Waals surface area contributed by atoms with E-state index in [1.165, 1.54) is 11.6 Å². The number of hydrogen-bond acceptors (Lipinski definition) is 4. The Morgan fingerprint density at radius 2 is 2.00 bits per heavy atom. The fourth-order valence-corrected chi connectivity index (χ4v) is 2.92. The molecule has 0 fully saturated rings. The molecule has 5 nitrogen and oxygen atoms in total. The van der Waals surface area contributed by atoms with Gasteiger partial charge in [0, 0.05) is 12.6 Å². The van der Waals surface area contributed by atoms with Crippen LogP contribution in [0.2, 0.25) is 0 Å². The molecule has 0 spiro atoms. The molecule has 0 aromatic rings.